The Morgan fingerprint density at radius 3 is 2.63 bits per heavy atom. The first kappa shape index (κ1) is 26.6. The number of aliphatic hydroxyl groups excluding tert-OH is 1. The second kappa shape index (κ2) is 17.3. The average molecular weight is 421 g/mol. The molecule has 0 saturated heterocycles. The number of allylic oxidation sites excluding steroid dienone is 3. The molecule has 0 aromatic carbocycles. The molecule has 4 heteroatoms. The minimum absolute atomic E-state index is 0.0356. The first-order chi connectivity index (χ1) is 14.6. The molecule has 1 fully saturated rings. The highest BCUT2D eigenvalue weighted by atomic mass is 16.5. The quantitative estimate of drug-likeness (QED) is 0.170. The van der Waals surface area contributed by atoms with E-state index in [4.69, 9.17) is 4.74 Å². The number of rotatable bonds is 17. The molecule has 1 aliphatic rings. The summed E-state index contributed by atoms with van der Waals surface area (Å²) < 4.78 is 5.25. The van der Waals surface area contributed by atoms with E-state index in [0.29, 0.717) is 25.2 Å². The Balaban J connectivity index is 2.22. The third-order valence-electron chi connectivity index (χ3n) is 5.91. The van der Waals surface area contributed by atoms with Crippen LogP contribution in [0.5, 0.6) is 0 Å². The lowest BCUT2D eigenvalue weighted by atomic mass is 9.91. The predicted octanol–water partition coefficient (Wildman–Crippen LogP) is 6.32. The molecule has 1 saturated carbocycles. The van der Waals surface area contributed by atoms with Crippen LogP contribution < -0.4 is 0 Å². The van der Waals surface area contributed by atoms with Gasteiger partial charge in [-0.25, -0.2) is 0 Å². The normalized spacial score (nSPS) is 20.4. The molecule has 1 N–H and O–H groups in total. The zero-order chi connectivity index (χ0) is 22.0. The van der Waals surface area contributed by atoms with Gasteiger partial charge >= 0.3 is 5.97 Å². The van der Waals surface area contributed by atoms with Crippen molar-refractivity contribution in [3.05, 3.63) is 24.3 Å². The van der Waals surface area contributed by atoms with Crippen molar-refractivity contribution in [3.8, 4) is 0 Å². The summed E-state index contributed by atoms with van der Waals surface area (Å²) >= 11 is 0. The van der Waals surface area contributed by atoms with Gasteiger partial charge in [-0.3, -0.25) is 9.59 Å². The second-order valence-corrected chi connectivity index (χ2v) is 8.60. The number of esters is 1. The Morgan fingerprint density at radius 2 is 1.87 bits per heavy atom. The molecular weight excluding hydrogens is 376 g/mol. The monoisotopic (exact) mass is 420 g/mol. The number of ether oxygens (including phenoxy) is 1. The van der Waals surface area contributed by atoms with Gasteiger partial charge in [0.25, 0.3) is 0 Å². The maximum absolute atomic E-state index is 12.2. The minimum Gasteiger partial charge on any atom is -0.466 e. The van der Waals surface area contributed by atoms with Crippen molar-refractivity contribution in [1.82, 2.24) is 0 Å². The molecule has 4 nitrogen and oxygen atoms in total. The molecule has 0 bridgehead atoms. The first-order valence-corrected chi connectivity index (χ1v) is 12.3. The van der Waals surface area contributed by atoms with Gasteiger partial charge in [-0.15, -0.1) is 0 Å². The lowest BCUT2D eigenvalue weighted by Crippen LogP contribution is -2.13. The van der Waals surface area contributed by atoms with Crippen molar-refractivity contribution in [1.29, 1.82) is 0 Å². The standard InChI is InChI=1S/C26H44O4/c1-3-5-7-13-21-30-26(29)16-12-9-8-11-15-24-22(18-20-25(24)28)17-19-23(27)14-10-6-4-2/h8,11,17,19,22-24,27H,3-7,9-10,12-16,18,20-21H2,1-2H3/b11-8?,19-17+/t22-,23?,24+/m0/s1. The minimum atomic E-state index is -0.394. The lowest BCUT2D eigenvalue weighted by molar-refractivity contribution is -0.143. The zero-order valence-electron chi connectivity index (χ0n) is 19.3. The van der Waals surface area contributed by atoms with E-state index in [-0.39, 0.29) is 17.8 Å². The smallest absolute Gasteiger partial charge is 0.305 e. The fourth-order valence-corrected chi connectivity index (χ4v) is 3.95. The second-order valence-electron chi connectivity index (χ2n) is 8.60. The van der Waals surface area contributed by atoms with Crippen LogP contribution in [0.15, 0.2) is 24.3 Å². The summed E-state index contributed by atoms with van der Waals surface area (Å²) in [5, 5.41) is 10.1. The fourth-order valence-electron chi connectivity index (χ4n) is 3.95. The van der Waals surface area contributed by atoms with Crippen LogP contribution in [0.1, 0.15) is 104 Å². The molecule has 0 radical (unpaired) electrons. The van der Waals surface area contributed by atoms with Gasteiger partial charge in [0.1, 0.15) is 5.78 Å². The topological polar surface area (TPSA) is 63.6 Å². The average Bonchev–Trinajstić information content (AvgIpc) is 3.08. The molecule has 1 aliphatic carbocycles. The summed E-state index contributed by atoms with van der Waals surface area (Å²) in [5.41, 5.74) is 0. The van der Waals surface area contributed by atoms with Crippen LogP contribution in [0.3, 0.4) is 0 Å². The van der Waals surface area contributed by atoms with Crippen LogP contribution >= 0.6 is 0 Å². The Labute approximate surface area is 184 Å². The number of carbonyl (C=O) groups excluding carboxylic acids is 2. The van der Waals surface area contributed by atoms with Crippen LogP contribution in [-0.2, 0) is 14.3 Å². The number of hydrogen-bond acceptors (Lipinski definition) is 4. The number of unbranched alkanes of at least 4 members (excludes halogenated alkanes) is 6. The maximum atomic E-state index is 12.2. The molecule has 0 aliphatic heterocycles. The van der Waals surface area contributed by atoms with Gasteiger partial charge in [0.15, 0.2) is 0 Å². The van der Waals surface area contributed by atoms with Crippen LogP contribution in [0.25, 0.3) is 0 Å². The lowest BCUT2D eigenvalue weighted by Gasteiger charge is -2.13. The molecule has 1 unspecified atom stereocenters. The molecule has 0 heterocycles. The Morgan fingerprint density at radius 1 is 1.10 bits per heavy atom. The Bertz CT molecular complexity index is 523. The van der Waals surface area contributed by atoms with Crippen LogP contribution in [-0.4, -0.2) is 29.6 Å². The molecule has 0 spiro atoms. The SMILES string of the molecule is CCCCCCOC(=O)CCCC=CC[C@H]1C(=O)CC[C@@H]1/C=C/C(O)CCCCC. The maximum Gasteiger partial charge on any atom is 0.305 e. The summed E-state index contributed by atoms with van der Waals surface area (Å²) in [5.74, 6) is 0.508. The molecule has 0 aromatic heterocycles. The van der Waals surface area contributed by atoms with Crippen molar-refractivity contribution in [2.75, 3.05) is 6.61 Å². The Hall–Kier alpha value is -1.42. The zero-order valence-corrected chi connectivity index (χ0v) is 19.3. The van der Waals surface area contributed by atoms with Gasteiger partial charge < -0.3 is 9.84 Å². The summed E-state index contributed by atoms with van der Waals surface area (Å²) in [4.78, 5) is 23.9. The number of Topliss-reactive ketones (excluding diaryl/α,β-unsaturated/α-hetero) is 1. The highest BCUT2D eigenvalue weighted by molar-refractivity contribution is 5.83. The third kappa shape index (κ3) is 12.3. The molecule has 3 atom stereocenters. The number of ketones is 1. The van der Waals surface area contributed by atoms with Crippen molar-refractivity contribution in [2.24, 2.45) is 11.8 Å². The number of hydrogen-bond donors (Lipinski definition) is 1. The van der Waals surface area contributed by atoms with E-state index in [0.717, 1.165) is 64.2 Å². The fraction of sp³-hybridized carbons (Fsp3) is 0.769. The number of carbonyl (C=O) groups is 2. The van der Waals surface area contributed by atoms with E-state index in [9.17, 15) is 14.7 Å². The van der Waals surface area contributed by atoms with Gasteiger partial charge in [-0.05, 0) is 44.4 Å². The van der Waals surface area contributed by atoms with Crippen molar-refractivity contribution >= 4 is 11.8 Å². The molecule has 1 rings (SSSR count). The molecular formula is C26H44O4. The molecule has 172 valence electrons. The van der Waals surface area contributed by atoms with E-state index >= 15 is 0 Å². The van der Waals surface area contributed by atoms with E-state index in [1.165, 1.54) is 12.8 Å². The highest BCUT2D eigenvalue weighted by Gasteiger charge is 2.31. The van der Waals surface area contributed by atoms with Crippen LogP contribution in [0.2, 0.25) is 0 Å². The van der Waals surface area contributed by atoms with Gasteiger partial charge in [0, 0.05) is 18.8 Å². The predicted molar refractivity (Wildman–Crippen MR) is 123 cm³/mol. The van der Waals surface area contributed by atoms with Crippen molar-refractivity contribution < 1.29 is 19.4 Å². The van der Waals surface area contributed by atoms with E-state index < -0.39 is 6.10 Å². The Kier molecular flexibility index (Phi) is 15.3. The summed E-state index contributed by atoms with van der Waals surface area (Å²) in [6.45, 7) is 4.87. The van der Waals surface area contributed by atoms with Gasteiger partial charge in [-0.1, -0.05) is 76.7 Å². The van der Waals surface area contributed by atoms with Crippen LogP contribution in [0.4, 0.5) is 0 Å². The van der Waals surface area contributed by atoms with Crippen molar-refractivity contribution in [2.45, 2.75) is 110 Å². The van der Waals surface area contributed by atoms with E-state index in [1.54, 1.807) is 0 Å². The summed E-state index contributed by atoms with van der Waals surface area (Å²) in [6, 6.07) is 0. The number of aliphatic hydroxyl groups is 1. The molecule has 0 amide bonds. The summed E-state index contributed by atoms with van der Waals surface area (Å²) in [6.07, 6.45) is 20.7. The third-order valence-corrected chi connectivity index (χ3v) is 5.91. The molecule has 30 heavy (non-hydrogen) atoms. The highest BCUT2D eigenvalue weighted by Crippen LogP contribution is 2.33. The summed E-state index contributed by atoms with van der Waals surface area (Å²) in [7, 11) is 0. The van der Waals surface area contributed by atoms with Crippen molar-refractivity contribution in [3.63, 3.8) is 0 Å². The van der Waals surface area contributed by atoms with Gasteiger partial charge in [0.2, 0.25) is 0 Å². The van der Waals surface area contributed by atoms with E-state index in [1.807, 2.05) is 6.08 Å². The van der Waals surface area contributed by atoms with Crippen LogP contribution in [0, 0.1) is 11.8 Å². The molecule has 0 aromatic rings. The van der Waals surface area contributed by atoms with Gasteiger partial charge in [-0.2, -0.15) is 0 Å². The van der Waals surface area contributed by atoms with E-state index in [2.05, 4.69) is 32.1 Å². The largest absolute Gasteiger partial charge is 0.466 e. The first-order valence-electron chi connectivity index (χ1n) is 12.3. The van der Waals surface area contributed by atoms with Gasteiger partial charge in [0.05, 0.1) is 12.7 Å².